The first-order chi connectivity index (χ1) is 12.4. The molecule has 0 spiro atoms. The molecular formula is C19H14Cl2FNO2S. The molecule has 26 heavy (non-hydrogen) atoms. The van der Waals surface area contributed by atoms with Gasteiger partial charge in [0.05, 0.1) is 17.1 Å². The number of rotatable bonds is 5. The van der Waals surface area contributed by atoms with Crippen LogP contribution in [0.5, 0.6) is 0 Å². The van der Waals surface area contributed by atoms with E-state index in [4.69, 9.17) is 23.2 Å². The van der Waals surface area contributed by atoms with E-state index in [9.17, 15) is 12.8 Å². The van der Waals surface area contributed by atoms with Crippen LogP contribution in [0.1, 0.15) is 5.56 Å². The molecule has 0 fully saturated rings. The van der Waals surface area contributed by atoms with Gasteiger partial charge in [-0.3, -0.25) is 4.31 Å². The summed E-state index contributed by atoms with van der Waals surface area (Å²) in [6, 6.07) is 18.2. The van der Waals surface area contributed by atoms with Crippen LogP contribution in [0.25, 0.3) is 0 Å². The van der Waals surface area contributed by atoms with Crippen LogP contribution in [-0.4, -0.2) is 8.42 Å². The van der Waals surface area contributed by atoms with Gasteiger partial charge in [-0.2, -0.15) is 0 Å². The van der Waals surface area contributed by atoms with E-state index in [2.05, 4.69) is 0 Å². The number of benzene rings is 3. The number of hydrogen-bond acceptors (Lipinski definition) is 2. The molecule has 0 aliphatic heterocycles. The molecule has 0 bridgehead atoms. The highest BCUT2D eigenvalue weighted by Gasteiger charge is 2.26. The SMILES string of the molecule is O=S(=O)(c1ccc(Cl)cc1)N(Cc1ccccc1F)c1ccc(Cl)cc1. The molecule has 0 heterocycles. The van der Waals surface area contributed by atoms with Crippen molar-refractivity contribution in [3.05, 3.63) is 94.2 Å². The molecule has 134 valence electrons. The average Bonchev–Trinajstić information content (AvgIpc) is 2.62. The zero-order chi connectivity index (χ0) is 18.7. The zero-order valence-electron chi connectivity index (χ0n) is 13.4. The van der Waals surface area contributed by atoms with Crippen LogP contribution in [0.3, 0.4) is 0 Å². The Morgan fingerprint density at radius 3 is 1.92 bits per heavy atom. The molecule has 0 aromatic heterocycles. The van der Waals surface area contributed by atoms with Crippen molar-refractivity contribution in [2.75, 3.05) is 4.31 Å². The first kappa shape index (κ1) is 18.7. The van der Waals surface area contributed by atoms with Crippen LogP contribution in [0.4, 0.5) is 10.1 Å². The first-order valence-corrected chi connectivity index (χ1v) is 9.85. The number of hydrogen-bond donors (Lipinski definition) is 0. The minimum atomic E-state index is -3.93. The van der Waals surface area contributed by atoms with Crippen LogP contribution in [-0.2, 0) is 16.6 Å². The minimum absolute atomic E-state index is 0.0631. The maximum Gasteiger partial charge on any atom is 0.264 e. The van der Waals surface area contributed by atoms with Crippen LogP contribution in [0, 0.1) is 5.82 Å². The van der Waals surface area contributed by atoms with Gasteiger partial charge >= 0.3 is 0 Å². The van der Waals surface area contributed by atoms with Gasteiger partial charge in [-0.15, -0.1) is 0 Å². The molecule has 3 nitrogen and oxygen atoms in total. The topological polar surface area (TPSA) is 37.4 Å². The molecule has 0 aliphatic carbocycles. The molecule has 0 unspecified atom stereocenters. The van der Waals surface area contributed by atoms with E-state index >= 15 is 0 Å². The standard InChI is InChI=1S/C19H14Cl2FNO2S/c20-15-5-9-17(10-6-15)23(13-14-3-1-2-4-19(14)22)26(24,25)18-11-7-16(21)8-12-18/h1-12H,13H2. The van der Waals surface area contributed by atoms with Crippen LogP contribution in [0.2, 0.25) is 10.0 Å². The van der Waals surface area contributed by atoms with Gasteiger partial charge in [-0.05, 0) is 54.6 Å². The van der Waals surface area contributed by atoms with Crippen molar-refractivity contribution < 1.29 is 12.8 Å². The summed E-state index contributed by atoms with van der Waals surface area (Å²) in [6.07, 6.45) is 0. The van der Waals surface area contributed by atoms with E-state index < -0.39 is 15.8 Å². The smallest absolute Gasteiger partial charge is 0.262 e. The third-order valence-corrected chi connectivity index (χ3v) is 6.08. The lowest BCUT2D eigenvalue weighted by Crippen LogP contribution is -2.31. The van der Waals surface area contributed by atoms with Crippen LogP contribution in [0.15, 0.2) is 77.7 Å². The summed E-state index contributed by atoms with van der Waals surface area (Å²) in [5, 5.41) is 0.902. The lowest BCUT2D eigenvalue weighted by Gasteiger charge is -2.25. The Bertz CT molecular complexity index is 1010. The largest absolute Gasteiger partial charge is 0.264 e. The summed E-state index contributed by atoms with van der Waals surface area (Å²) in [7, 11) is -3.93. The fourth-order valence-corrected chi connectivity index (χ4v) is 4.13. The summed E-state index contributed by atoms with van der Waals surface area (Å²) in [6.45, 7) is -0.154. The highest BCUT2D eigenvalue weighted by Crippen LogP contribution is 2.28. The van der Waals surface area contributed by atoms with Crippen LogP contribution >= 0.6 is 23.2 Å². The van der Waals surface area contributed by atoms with Gasteiger partial charge in [-0.25, -0.2) is 12.8 Å². The van der Waals surface area contributed by atoms with Crippen molar-refractivity contribution >= 4 is 38.9 Å². The fraction of sp³-hybridized carbons (Fsp3) is 0.0526. The van der Waals surface area contributed by atoms with Crippen LogP contribution < -0.4 is 4.31 Å². The lowest BCUT2D eigenvalue weighted by molar-refractivity contribution is 0.585. The number of sulfonamides is 1. The lowest BCUT2D eigenvalue weighted by atomic mass is 10.2. The van der Waals surface area contributed by atoms with Gasteiger partial charge in [-0.1, -0.05) is 41.4 Å². The quantitative estimate of drug-likeness (QED) is 0.555. The highest BCUT2D eigenvalue weighted by atomic mass is 35.5. The summed E-state index contributed by atoms with van der Waals surface area (Å²) < 4.78 is 41.6. The monoisotopic (exact) mass is 409 g/mol. The maximum atomic E-state index is 14.1. The summed E-state index contributed by atoms with van der Waals surface area (Å²) in [4.78, 5) is 0.0631. The van der Waals surface area contributed by atoms with Gasteiger partial charge < -0.3 is 0 Å². The molecule has 0 aliphatic rings. The Kier molecular flexibility index (Phi) is 5.51. The Hall–Kier alpha value is -2.08. The maximum absolute atomic E-state index is 14.1. The molecule has 0 N–H and O–H groups in total. The van der Waals surface area contributed by atoms with Gasteiger partial charge in [0, 0.05) is 15.6 Å². The number of nitrogens with zero attached hydrogens (tertiary/aromatic N) is 1. The van der Waals surface area contributed by atoms with E-state index in [1.165, 1.54) is 30.3 Å². The normalized spacial score (nSPS) is 11.3. The molecule has 0 saturated carbocycles. The van der Waals surface area contributed by atoms with E-state index in [1.54, 1.807) is 42.5 Å². The van der Waals surface area contributed by atoms with Crippen molar-refractivity contribution in [1.82, 2.24) is 0 Å². The Morgan fingerprint density at radius 1 is 0.808 bits per heavy atom. The predicted octanol–water partition coefficient (Wildman–Crippen LogP) is 5.53. The highest BCUT2D eigenvalue weighted by molar-refractivity contribution is 7.92. The molecule has 7 heteroatoms. The Balaban J connectivity index is 2.09. The molecule has 0 saturated heterocycles. The molecule has 3 aromatic rings. The van der Waals surface area contributed by atoms with Crippen molar-refractivity contribution in [3.63, 3.8) is 0 Å². The first-order valence-electron chi connectivity index (χ1n) is 7.65. The van der Waals surface area contributed by atoms with Gasteiger partial charge in [0.1, 0.15) is 5.82 Å². The predicted molar refractivity (Wildman–Crippen MR) is 103 cm³/mol. The molecular weight excluding hydrogens is 396 g/mol. The van der Waals surface area contributed by atoms with E-state index in [1.807, 2.05) is 0 Å². The number of halogens is 3. The molecule has 0 amide bonds. The average molecular weight is 410 g/mol. The molecule has 3 aromatic carbocycles. The second-order valence-corrected chi connectivity index (χ2v) is 8.27. The van der Waals surface area contributed by atoms with E-state index in [-0.39, 0.29) is 17.0 Å². The second kappa shape index (κ2) is 7.66. The zero-order valence-corrected chi connectivity index (χ0v) is 15.8. The van der Waals surface area contributed by atoms with Crippen molar-refractivity contribution in [2.24, 2.45) is 0 Å². The van der Waals surface area contributed by atoms with Gasteiger partial charge in [0.25, 0.3) is 10.0 Å². The van der Waals surface area contributed by atoms with E-state index in [0.29, 0.717) is 15.7 Å². The summed E-state index contributed by atoms with van der Waals surface area (Å²) in [5.74, 6) is -0.474. The van der Waals surface area contributed by atoms with Crippen molar-refractivity contribution in [1.29, 1.82) is 0 Å². The van der Waals surface area contributed by atoms with E-state index in [0.717, 1.165) is 4.31 Å². The Morgan fingerprint density at radius 2 is 1.35 bits per heavy atom. The molecule has 0 radical (unpaired) electrons. The fourth-order valence-electron chi connectivity index (χ4n) is 2.44. The van der Waals surface area contributed by atoms with Gasteiger partial charge in [0.2, 0.25) is 0 Å². The summed E-state index contributed by atoms with van der Waals surface area (Å²) in [5.41, 5.74) is 0.646. The molecule has 0 atom stereocenters. The van der Waals surface area contributed by atoms with Crippen molar-refractivity contribution in [2.45, 2.75) is 11.4 Å². The second-order valence-electron chi connectivity index (χ2n) is 5.53. The Labute approximate surface area is 161 Å². The van der Waals surface area contributed by atoms with Gasteiger partial charge in [0.15, 0.2) is 0 Å². The minimum Gasteiger partial charge on any atom is -0.262 e. The van der Waals surface area contributed by atoms with Crippen molar-refractivity contribution in [3.8, 4) is 0 Å². The molecule has 3 rings (SSSR count). The number of anilines is 1. The summed E-state index contributed by atoms with van der Waals surface area (Å²) >= 11 is 11.8. The third kappa shape index (κ3) is 4.01. The third-order valence-electron chi connectivity index (χ3n) is 3.79.